The van der Waals surface area contributed by atoms with Gasteiger partial charge in [0.2, 0.25) is 5.88 Å². The minimum atomic E-state index is 0.226. The van der Waals surface area contributed by atoms with E-state index in [0.29, 0.717) is 18.2 Å². The molecular weight excluding hydrogens is 216 g/mol. The maximum atomic E-state index is 8.78. The Kier molecular flexibility index (Phi) is 3.78. The Morgan fingerprint density at radius 3 is 2.88 bits per heavy atom. The topological polar surface area (TPSA) is 75.2 Å². The van der Waals surface area contributed by atoms with Crippen molar-refractivity contribution in [2.24, 2.45) is 0 Å². The third-order valence-corrected chi connectivity index (χ3v) is 2.86. The van der Waals surface area contributed by atoms with Gasteiger partial charge in [0, 0.05) is 12.6 Å². The monoisotopic (exact) mass is 232 g/mol. The van der Waals surface area contributed by atoms with Crippen LogP contribution in [0.4, 0.5) is 5.69 Å². The van der Waals surface area contributed by atoms with Crippen molar-refractivity contribution >= 4 is 5.69 Å². The highest BCUT2D eigenvalue weighted by Crippen LogP contribution is 2.14. The van der Waals surface area contributed by atoms with E-state index in [-0.39, 0.29) is 5.69 Å². The number of nitrogens with zero attached hydrogens (tertiary/aromatic N) is 3. The first kappa shape index (κ1) is 11.7. The number of pyridine rings is 1. The van der Waals surface area contributed by atoms with Gasteiger partial charge in [0.25, 0.3) is 0 Å². The molecule has 1 aromatic heterocycles. The van der Waals surface area contributed by atoms with Gasteiger partial charge in [-0.1, -0.05) is 0 Å². The summed E-state index contributed by atoms with van der Waals surface area (Å²) in [4.78, 5) is 6.39. The molecule has 0 atom stereocenters. The molecule has 0 unspecified atom stereocenters. The second-order valence-electron chi connectivity index (χ2n) is 4.10. The van der Waals surface area contributed by atoms with Crippen molar-refractivity contribution in [3.63, 3.8) is 0 Å². The Bertz CT molecular complexity index is 421. The van der Waals surface area contributed by atoms with E-state index in [0.717, 1.165) is 19.6 Å². The highest BCUT2D eigenvalue weighted by molar-refractivity contribution is 5.50. The molecule has 2 heterocycles. The summed E-state index contributed by atoms with van der Waals surface area (Å²) in [6.45, 7) is 3.82. The molecule has 0 spiro atoms. The number of anilines is 1. The van der Waals surface area contributed by atoms with Crippen molar-refractivity contribution < 1.29 is 4.74 Å². The Balaban J connectivity index is 1.84. The summed E-state index contributed by atoms with van der Waals surface area (Å²) in [5, 5.41) is 8.78. The normalized spacial score (nSPS) is 15.7. The van der Waals surface area contributed by atoms with E-state index in [4.69, 9.17) is 15.7 Å². The van der Waals surface area contributed by atoms with Crippen LogP contribution in [0.2, 0.25) is 0 Å². The molecule has 0 amide bonds. The van der Waals surface area contributed by atoms with E-state index in [9.17, 15) is 0 Å². The van der Waals surface area contributed by atoms with Crippen molar-refractivity contribution in [3.05, 3.63) is 17.8 Å². The fourth-order valence-corrected chi connectivity index (χ4v) is 1.91. The quantitative estimate of drug-likeness (QED) is 0.838. The largest absolute Gasteiger partial charge is 0.476 e. The van der Waals surface area contributed by atoms with Crippen molar-refractivity contribution in [1.29, 1.82) is 5.26 Å². The molecule has 1 aromatic rings. The molecule has 0 aliphatic carbocycles. The van der Waals surface area contributed by atoms with Crippen molar-refractivity contribution in [2.75, 3.05) is 32.0 Å². The number of likely N-dealkylation sites (tertiary alicyclic amines) is 1. The Labute approximate surface area is 101 Å². The molecule has 0 bridgehead atoms. The number of nitriles is 1. The van der Waals surface area contributed by atoms with Gasteiger partial charge in [-0.05, 0) is 32.0 Å². The van der Waals surface area contributed by atoms with Gasteiger partial charge in [0.15, 0.2) is 5.69 Å². The van der Waals surface area contributed by atoms with Gasteiger partial charge in [-0.2, -0.15) is 5.26 Å². The van der Waals surface area contributed by atoms with E-state index in [1.807, 2.05) is 6.07 Å². The molecular formula is C12H16N4O. The van der Waals surface area contributed by atoms with Gasteiger partial charge in [0.05, 0.1) is 5.69 Å². The van der Waals surface area contributed by atoms with E-state index in [2.05, 4.69) is 9.88 Å². The van der Waals surface area contributed by atoms with Crippen LogP contribution in [-0.2, 0) is 0 Å². The van der Waals surface area contributed by atoms with Gasteiger partial charge in [-0.15, -0.1) is 0 Å². The molecule has 0 aromatic carbocycles. The maximum absolute atomic E-state index is 8.78. The van der Waals surface area contributed by atoms with Gasteiger partial charge in [0.1, 0.15) is 12.7 Å². The summed E-state index contributed by atoms with van der Waals surface area (Å²) in [5.74, 6) is 0.468. The molecule has 2 rings (SSSR count). The van der Waals surface area contributed by atoms with Crippen molar-refractivity contribution in [1.82, 2.24) is 9.88 Å². The van der Waals surface area contributed by atoms with Crippen LogP contribution in [0.25, 0.3) is 0 Å². The first-order valence-corrected chi connectivity index (χ1v) is 5.81. The predicted molar refractivity (Wildman–Crippen MR) is 64.5 cm³/mol. The van der Waals surface area contributed by atoms with Crippen LogP contribution >= 0.6 is 0 Å². The number of aromatic nitrogens is 1. The molecule has 2 N–H and O–H groups in total. The number of hydrogen-bond donors (Lipinski definition) is 1. The highest BCUT2D eigenvalue weighted by atomic mass is 16.5. The zero-order valence-corrected chi connectivity index (χ0v) is 9.72. The lowest BCUT2D eigenvalue weighted by Gasteiger charge is -2.14. The maximum Gasteiger partial charge on any atom is 0.214 e. The minimum Gasteiger partial charge on any atom is -0.476 e. The molecule has 1 fully saturated rings. The first-order valence-electron chi connectivity index (χ1n) is 5.81. The summed E-state index contributed by atoms with van der Waals surface area (Å²) in [7, 11) is 0. The van der Waals surface area contributed by atoms with Crippen molar-refractivity contribution in [2.45, 2.75) is 12.8 Å². The smallest absolute Gasteiger partial charge is 0.214 e. The number of rotatable bonds is 4. The molecule has 1 saturated heterocycles. The second kappa shape index (κ2) is 5.51. The van der Waals surface area contributed by atoms with E-state index >= 15 is 0 Å². The van der Waals surface area contributed by atoms with Crippen LogP contribution in [-0.4, -0.2) is 36.1 Å². The van der Waals surface area contributed by atoms with E-state index in [1.165, 1.54) is 12.8 Å². The van der Waals surface area contributed by atoms with E-state index < -0.39 is 0 Å². The second-order valence-corrected chi connectivity index (χ2v) is 4.10. The molecule has 1 aliphatic heterocycles. The molecule has 90 valence electrons. The third-order valence-electron chi connectivity index (χ3n) is 2.86. The molecule has 5 nitrogen and oxygen atoms in total. The van der Waals surface area contributed by atoms with E-state index in [1.54, 1.807) is 12.1 Å². The summed E-state index contributed by atoms with van der Waals surface area (Å²) in [6, 6.07) is 5.28. The standard InChI is InChI=1S/C12H16N4O/c13-9-11-10(14)3-4-12(15-11)17-8-7-16-5-1-2-6-16/h3-4H,1-2,5-8,14H2. The van der Waals surface area contributed by atoms with Crippen LogP contribution < -0.4 is 10.5 Å². The number of hydrogen-bond acceptors (Lipinski definition) is 5. The Morgan fingerprint density at radius 2 is 2.18 bits per heavy atom. The predicted octanol–water partition coefficient (Wildman–Crippen LogP) is 1.01. The average molecular weight is 232 g/mol. The fourth-order valence-electron chi connectivity index (χ4n) is 1.91. The van der Waals surface area contributed by atoms with Crippen molar-refractivity contribution in [3.8, 4) is 11.9 Å². The minimum absolute atomic E-state index is 0.226. The fraction of sp³-hybridized carbons (Fsp3) is 0.500. The number of ether oxygens (including phenoxy) is 1. The van der Waals surface area contributed by atoms with Gasteiger partial charge >= 0.3 is 0 Å². The zero-order valence-electron chi connectivity index (χ0n) is 9.72. The zero-order chi connectivity index (χ0) is 12.1. The molecule has 5 heteroatoms. The van der Waals surface area contributed by atoms with Crippen LogP contribution in [0, 0.1) is 11.3 Å². The van der Waals surface area contributed by atoms with Crippen LogP contribution in [0.15, 0.2) is 12.1 Å². The van der Waals surface area contributed by atoms with Gasteiger partial charge < -0.3 is 10.5 Å². The Morgan fingerprint density at radius 1 is 1.41 bits per heavy atom. The lowest BCUT2D eigenvalue weighted by atomic mass is 10.3. The molecule has 0 radical (unpaired) electrons. The lowest BCUT2D eigenvalue weighted by molar-refractivity contribution is 0.232. The van der Waals surface area contributed by atoms with Gasteiger partial charge in [-0.25, -0.2) is 4.98 Å². The van der Waals surface area contributed by atoms with Crippen LogP contribution in [0.5, 0.6) is 5.88 Å². The highest BCUT2D eigenvalue weighted by Gasteiger charge is 2.11. The van der Waals surface area contributed by atoms with Crippen LogP contribution in [0.3, 0.4) is 0 Å². The lowest BCUT2D eigenvalue weighted by Crippen LogP contribution is -2.25. The molecule has 17 heavy (non-hydrogen) atoms. The number of nitrogen functional groups attached to an aromatic ring is 1. The van der Waals surface area contributed by atoms with Gasteiger partial charge in [-0.3, -0.25) is 4.90 Å². The molecule has 0 saturated carbocycles. The summed E-state index contributed by atoms with van der Waals surface area (Å²) < 4.78 is 5.51. The summed E-state index contributed by atoms with van der Waals surface area (Å²) in [6.07, 6.45) is 2.55. The SMILES string of the molecule is N#Cc1nc(OCCN2CCCC2)ccc1N. The molecule has 1 aliphatic rings. The summed E-state index contributed by atoms with van der Waals surface area (Å²) in [5.41, 5.74) is 6.19. The summed E-state index contributed by atoms with van der Waals surface area (Å²) >= 11 is 0. The average Bonchev–Trinajstić information content (AvgIpc) is 2.84. The first-order chi connectivity index (χ1) is 8.29. The Hall–Kier alpha value is -1.80. The van der Waals surface area contributed by atoms with Crippen LogP contribution in [0.1, 0.15) is 18.5 Å². The number of nitrogens with two attached hydrogens (primary N) is 1. The third kappa shape index (κ3) is 3.08.